The molecule has 2 aromatic carbocycles. The van der Waals surface area contributed by atoms with E-state index in [9.17, 15) is 22.8 Å². The first kappa shape index (κ1) is 20.8. The summed E-state index contributed by atoms with van der Waals surface area (Å²) in [5, 5.41) is 2.60. The number of thioether (sulfide) groups is 1. The highest BCUT2D eigenvalue weighted by Crippen LogP contribution is 2.43. The van der Waals surface area contributed by atoms with Crippen molar-refractivity contribution in [2.24, 2.45) is 5.92 Å². The van der Waals surface area contributed by atoms with Crippen LogP contribution in [0.5, 0.6) is 0 Å². The summed E-state index contributed by atoms with van der Waals surface area (Å²) in [6, 6.07) is 11.9. The highest BCUT2D eigenvalue weighted by Gasteiger charge is 2.35. The summed E-state index contributed by atoms with van der Waals surface area (Å²) >= 11 is 1.41. The van der Waals surface area contributed by atoms with Crippen molar-refractivity contribution in [3.8, 4) is 0 Å². The van der Waals surface area contributed by atoms with Gasteiger partial charge in [-0.3, -0.25) is 14.5 Å². The lowest BCUT2D eigenvalue weighted by molar-refractivity contribution is -0.137. The second kappa shape index (κ2) is 8.34. The number of alkyl halides is 3. The van der Waals surface area contributed by atoms with Crippen molar-refractivity contribution in [3.05, 3.63) is 59.7 Å². The van der Waals surface area contributed by atoms with Crippen molar-refractivity contribution in [3.63, 3.8) is 0 Å². The number of amides is 2. The minimum Gasteiger partial charge on any atom is -0.326 e. The second-order valence-electron chi connectivity index (χ2n) is 7.57. The first-order chi connectivity index (χ1) is 14.3. The maximum Gasteiger partial charge on any atom is 0.416 e. The van der Waals surface area contributed by atoms with Crippen molar-refractivity contribution in [1.82, 2.24) is 0 Å². The molecule has 1 saturated heterocycles. The van der Waals surface area contributed by atoms with Crippen molar-refractivity contribution >= 4 is 35.0 Å². The molecule has 30 heavy (non-hydrogen) atoms. The SMILES string of the molecule is O=C(Nc1cccc([C@@H]2SCC(=O)N2c2ccc(C(F)(F)F)cc2)c1)C1CCCC1. The molecular weight excluding hydrogens is 413 g/mol. The number of hydrogen-bond acceptors (Lipinski definition) is 3. The Balaban J connectivity index is 1.55. The van der Waals surface area contributed by atoms with Gasteiger partial charge in [0.1, 0.15) is 5.37 Å². The Labute approximate surface area is 176 Å². The summed E-state index contributed by atoms with van der Waals surface area (Å²) in [6.45, 7) is 0. The van der Waals surface area contributed by atoms with Gasteiger partial charge in [-0.25, -0.2) is 0 Å². The summed E-state index contributed by atoms with van der Waals surface area (Å²) in [5.41, 5.74) is 1.15. The van der Waals surface area contributed by atoms with Crippen molar-refractivity contribution in [1.29, 1.82) is 0 Å². The number of benzene rings is 2. The van der Waals surface area contributed by atoms with E-state index >= 15 is 0 Å². The number of rotatable bonds is 4. The zero-order valence-corrected chi connectivity index (χ0v) is 16.9. The molecule has 0 radical (unpaired) electrons. The molecule has 4 rings (SSSR count). The first-order valence-electron chi connectivity index (χ1n) is 9.85. The Kier molecular flexibility index (Phi) is 5.77. The number of hydrogen-bond donors (Lipinski definition) is 1. The first-order valence-corrected chi connectivity index (χ1v) is 10.9. The van der Waals surface area contributed by atoms with Crippen LogP contribution >= 0.6 is 11.8 Å². The van der Waals surface area contributed by atoms with Crippen LogP contribution in [0.15, 0.2) is 48.5 Å². The lowest BCUT2D eigenvalue weighted by Gasteiger charge is -2.25. The van der Waals surface area contributed by atoms with Gasteiger partial charge in [0.05, 0.1) is 11.3 Å². The summed E-state index contributed by atoms with van der Waals surface area (Å²) in [5.74, 6) is 0.133. The van der Waals surface area contributed by atoms with Crippen LogP contribution in [0.2, 0.25) is 0 Å². The molecule has 0 unspecified atom stereocenters. The second-order valence-corrected chi connectivity index (χ2v) is 8.64. The summed E-state index contributed by atoms with van der Waals surface area (Å²) < 4.78 is 38.6. The molecule has 0 aromatic heterocycles. The van der Waals surface area contributed by atoms with E-state index in [4.69, 9.17) is 0 Å². The molecular formula is C22H21F3N2O2S. The highest BCUT2D eigenvalue weighted by atomic mass is 32.2. The summed E-state index contributed by atoms with van der Waals surface area (Å²) in [4.78, 5) is 26.4. The zero-order valence-electron chi connectivity index (χ0n) is 16.1. The Morgan fingerprint density at radius 3 is 2.43 bits per heavy atom. The third-order valence-electron chi connectivity index (χ3n) is 5.51. The third-order valence-corrected chi connectivity index (χ3v) is 6.72. The standard InChI is InChI=1S/C22H21F3N2O2S/c23-22(24,25)16-8-10-18(11-9-16)27-19(28)13-30-21(27)15-6-3-7-17(12-15)26-20(29)14-4-1-2-5-14/h3,6-12,14,21H,1-2,4-5,13H2,(H,26,29)/t21-/m0/s1. The van der Waals surface area contributed by atoms with E-state index in [0.29, 0.717) is 11.4 Å². The van der Waals surface area contributed by atoms with E-state index in [2.05, 4.69) is 5.32 Å². The van der Waals surface area contributed by atoms with E-state index in [1.54, 1.807) is 6.07 Å². The summed E-state index contributed by atoms with van der Waals surface area (Å²) in [7, 11) is 0. The molecule has 2 amide bonds. The van der Waals surface area contributed by atoms with E-state index in [1.807, 2.05) is 18.2 Å². The lowest BCUT2D eigenvalue weighted by atomic mass is 10.1. The molecule has 8 heteroatoms. The molecule has 2 aromatic rings. The average Bonchev–Trinajstić information content (AvgIpc) is 3.38. The van der Waals surface area contributed by atoms with Gasteiger partial charge in [0, 0.05) is 17.3 Å². The van der Waals surface area contributed by atoms with Gasteiger partial charge in [0.15, 0.2) is 0 Å². The van der Waals surface area contributed by atoms with Gasteiger partial charge in [-0.1, -0.05) is 25.0 Å². The minimum absolute atomic E-state index is 0.0133. The van der Waals surface area contributed by atoms with Gasteiger partial charge in [-0.15, -0.1) is 11.8 Å². The average molecular weight is 434 g/mol. The van der Waals surface area contributed by atoms with Gasteiger partial charge >= 0.3 is 6.18 Å². The number of nitrogens with zero attached hydrogens (tertiary/aromatic N) is 1. The number of anilines is 2. The molecule has 158 valence electrons. The number of halogens is 3. The summed E-state index contributed by atoms with van der Waals surface area (Å²) in [6.07, 6.45) is -0.476. The van der Waals surface area contributed by atoms with Crippen LogP contribution in [0.3, 0.4) is 0 Å². The third kappa shape index (κ3) is 4.33. The molecule has 4 nitrogen and oxygen atoms in total. The monoisotopic (exact) mass is 434 g/mol. The molecule has 2 aliphatic rings. The fourth-order valence-electron chi connectivity index (χ4n) is 3.96. The fraction of sp³-hybridized carbons (Fsp3) is 0.364. The van der Waals surface area contributed by atoms with E-state index in [0.717, 1.165) is 43.4 Å². The van der Waals surface area contributed by atoms with E-state index < -0.39 is 11.7 Å². The van der Waals surface area contributed by atoms with Gasteiger partial charge < -0.3 is 5.32 Å². The molecule has 1 atom stereocenters. The smallest absolute Gasteiger partial charge is 0.326 e. The number of carbonyl (C=O) groups is 2. The van der Waals surface area contributed by atoms with E-state index in [1.165, 1.54) is 28.8 Å². The Morgan fingerprint density at radius 2 is 1.77 bits per heavy atom. The van der Waals surface area contributed by atoms with Crippen LogP contribution in [0.1, 0.15) is 42.2 Å². The van der Waals surface area contributed by atoms with Crippen LogP contribution in [-0.2, 0) is 15.8 Å². The maximum atomic E-state index is 12.9. The predicted molar refractivity (Wildman–Crippen MR) is 111 cm³/mol. The normalized spacial score (nSPS) is 20.0. The molecule has 1 aliphatic carbocycles. The van der Waals surface area contributed by atoms with Crippen molar-refractivity contribution in [2.45, 2.75) is 37.2 Å². The molecule has 1 N–H and O–H groups in total. The van der Waals surface area contributed by atoms with Crippen molar-refractivity contribution in [2.75, 3.05) is 16.0 Å². The Morgan fingerprint density at radius 1 is 1.07 bits per heavy atom. The van der Waals surface area contributed by atoms with Gasteiger partial charge in [0.2, 0.25) is 11.8 Å². The Bertz CT molecular complexity index is 940. The van der Waals surface area contributed by atoms with Crippen molar-refractivity contribution < 1.29 is 22.8 Å². The fourth-order valence-corrected chi connectivity index (χ4v) is 5.13. The Hall–Kier alpha value is -2.48. The highest BCUT2D eigenvalue weighted by molar-refractivity contribution is 8.00. The zero-order chi connectivity index (χ0) is 21.3. The lowest BCUT2D eigenvalue weighted by Crippen LogP contribution is -2.28. The van der Waals surface area contributed by atoms with Crippen LogP contribution in [0.4, 0.5) is 24.5 Å². The van der Waals surface area contributed by atoms with E-state index in [-0.39, 0.29) is 28.9 Å². The molecule has 0 spiro atoms. The molecule has 2 fully saturated rings. The van der Waals surface area contributed by atoms with Crippen LogP contribution in [-0.4, -0.2) is 17.6 Å². The molecule has 1 aliphatic heterocycles. The van der Waals surface area contributed by atoms with Gasteiger partial charge in [0.25, 0.3) is 0 Å². The maximum absolute atomic E-state index is 12.9. The van der Waals surface area contributed by atoms with Gasteiger partial charge in [-0.2, -0.15) is 13.2 Å². The molecule has 1 saturated carbocycles. The van der Waals surface area contributed by atoms with Gasteiger partial charge in [-0.05, 0) is 54.8 Å². The quantitative estimate of drug-likeness (QED) is 0.680. The minimum atomic E-state index is -4.42. The van der Waals surface area contributed by atoms with Crippen LogP contribution < -0.4 is 10.2 Å². The molecule has 1 heterocycles. The largest absolute Gasteiger partial charge is 0.416 e. The molecule has 0 bridgehead atoms. The topological polar surface area (TPSA) is 49.4 Å². The van der Waals surface area contributed by atoms with Crippen LogP contribution in [0.25, 0.3) is 0 Å². The number of nitrogens with one attached hydrogen (secondary N) is 1. The van der Waals surface area contributed by atoms with Crippen LogP contribution in [0, 0.1) is 5.92 Å². The predicted octanol–water partition coefficient (Wildman–Crippen LogP) is 5.61. The number of carbonyl (C=O) groups excluding carboxylic acids is 2.